The van der Waals surface area contributed by atoms with Gasteiger partial charge < -0.3 is 5.32 Å². The van der Waals surface area contributed by atoms with Crippen molar-refractivity contribution in [2.45, 2.75) is 13.5 Å². The van der Waals surface area contributed by atoms with Crippen molar-refractivity contribution in [3.05, 3.63) is 41.2 Å². The van der Waals surface area contributed by atoms with Gasteiger partial charge in [0, 0.05) is 13.2 Å². The van der Waals surface area contributed by atoms with Crippen LogP contribution in [0, 0.1) is 18.3 Å². The Morgan fingerprint density at radius 1 is 1.47 bits per heavy atom. The average Bonchev–Trinajstić information content (AvgIpc) is 2.72. The number of aromatic nitrogens is 3. The Morgan fingerprint density at radius 2 is 2.29 bits per heavy atom. The molecular weight excluding hydrogens is 214 g/mol. The summed E-state index contributed by atoms with van der Waals surface area (Å²) in [6.07, 6.45) is 1.84. The molecule has 1 aromatic carbocycles. The lowest BCUT2D eigenvalue weighted by atomic mass is 10.1. The molecule has 0 aliphatic heterocycles. The van der Waals surface area contributed by atoms with Gasteiger partial charge in [-0.25, -0.2) is 0 Å². The Bertz CT molecular complexity index is 565. The van der Waals surface area contributed by atoms with Crippen molar-refractivity contribution in [3.63, 3.8) is 0 Å². The summed E-state index contributed by atoms with van der Waals surface area (Å²) in [6.45, 7) is 2.48. The number of aryl methyl sites for hydroxylation is 2. The van der Waals surface area contributed by atoms with Crippen molar-refractivity contribution >= 4 is 5.69 Å². The lowest BCUT2D eigenvalue weighted by molar-refractivity contribution is 0.713. The molecule has 0 spiro atoms. The van der Waals surface area contributed by atoms with E-state index in [0.29, 0.717) is 12.1 Å². The van der Waals surface area contributed by atoms with Crippen LogP contribution in [0.1, 0.15) is 16.8 Å². The highest BCUT2D eigenvalue weighted by Gasteiger charge is 2.05. The number of nitriles is 1. The van der Waals surface area contributed by atoms with Gasteiger partial charge in [0.05, 0.1) is 17.8 Å². The van der Waals surface area contributed by atoms with Crippen LogP contribution < -0.4 is 5.32 Å². The van der Waals surface area contributed by atoms with E-state index in [9.17, 15) is 0 Å². The van der Waals surface area contributed by atoms with Crippen molar-refractivity contribution in [3.8, 4) is 6.07 Å². The van der Waals surface area contributed by atoms with Crippen LogP contribution in [0.4, 0.5) is 5.69 Å². The number of benzene rings is 1. The summed E-state index contributed by atoms with van der Waals surface area (Å²) in [4.78, 5) is 0. The third kappa shape index (κ3) is 2.42. The molecule has 1 N–H and O–H groups in total. The molecule has 0 saturated heterocycles. The average molecular weight is 227 g/mol. The van der Waals surface area contributed by atoms with Crippen LogP contribution in [0.25, 0.3) is 0 Å². The van der Waals surface area contributed by atoms with E-state index in [1.807, 2.05) is 38.4 Å². The van der Waals surface area contributed by atoms with Gasteiger partial charge in [0.2, 0.25) is 0 Å². The molecule has 0 amide bonds. The Balaban J connectivity index is 2.14. The van der Waals surface area contributed by atoms with Crippen molar-refractivity contribution in [1.29, 1.82) is 5.26 Å². The zero-order valence-electron chi connectivity index (χ0n) is 9.81. The van der Waals surface area contributed by atoms with Gasteiger partial charge in [-0.1, -0.05) is 17.3 Å². The SMILES string of the molecule is Cc1cccc(NCc2cn(C)nn2)c1C#N. The highest BCUT2D eigenvalue weighted by Crippen LogP contribution is 2.18. The molecule has 5 nitrogen and oxygen atoms in total. The molecule has 0 aliphatic carbocycles. The molecule has 2 aromatic rings. The predicted molar refractivity (Wildman–Crippen MR) is 64.2 cm³/mol. The summed E-state index contributed by atoms with van der Waals surface area (Å²) in [5.74, 6) is 0. The van der Waals surface area contributed by atoms with E-state index >= 15 is 0 Å². The number of rotatable bonds is 3. The monoisotopic (exact) mass is 227 g/mol. The first-order valence-corrected chi connectivity index (χ1v) is 5.29. The summed E-state index contributed by atoms with van der Waals surface area (Å²) in [7, 11) is 1.82. The molecule has 0 bridgehead atoms. The van der Waals surface area contributed by atoms with Gasteiger partial charge in [-0.2, -0.15) is 5.26 Å². The third-order valence-electron chi connectivity index (χ3n) is 2.49. The van der Waals surface area contributed by atoms with Crippen LogP contribution in [0.2, 0.25) is 0 Å². The van der Waals surface area contributed by atoms with Crippen LogP contribution in [-0.4, -0.2) is 15.0 Å². The van der Waals surface area contributed by atoms with Crippen LogP contribution in [0.15, 0.2) is 24.4 Å². The summed E-state index contributed by atoms with van der Waals surface area (Å²) in [5, 5.41) is 20.1. The zero-order chi connectivity index (χ0) is 12.3. The lowest BCUT2D eigenvalue weighted by Gasteiger charge is -2.07. The van der Waals surface area contributed by atoms with E-state index in [1.165, 1.54) is 0 Å². The number of hydrogen-bond donors (Lipinski definition) is 1. The zero-order valence-corrected chi connectivity index (χ0v) is 9.81. The summed E-state index contributed by atoms with van der Waals surface area (Å²) in [5.41, 5.74) is 3.32. The largest absolute Gasteiger partial charge is 0.378 e. The van der Waals surface area contributed by atoms with Crippen molar-refractivity contribution in [2.75, 3.05) is 5.32 Å². The fourth-order valence-electron chi connectivity index (χ4n) is 1.63. The molecule has 5 heteroatoms. The fourth-order valence-corrected chi connectivity index (χ4v) is 1.63. The van der Waals surface area contributed by atoms with E-state index in [-0.39, 0.29) is 0 Å². The van der Waals surface area contributed by atoms with Crippen LogP contribution in [0.3, 0.4) is 0 Å². The molecule has 2 rings (SSSR count). The predicted octanol–water partition coefficient (Wildman–Crippen LogP) is 1.61. The van der Waals surface area contributed by atoms with Gasteiger partial charge in [0.15, 0.2) is 0 Å². The quantitative estimate of drug-likeness (QED) is 0.865. The molecule has 17 heavy (non-hydrogen) atoms. The van der Waals surface area contributed by atoms with Crippen LogP contribution in [0.5, 0.6) is 0 Å². The number of nitrogens with zero attached hydrogens (tertiary/aromatic N) is 4. The molecule has 86 valence electrons. The van der Waals surface area contributed by atoms with Crippen molar-refractivity contribution in [1.82, 2.24) is 15.0 Å². The van der Waals surface area contributed by atoms with Gasteiger partial charge in [-0.05, 0) is 18.6 Å². The highest BCUT2D eigenvalue weighted by molar-refractivity contribution is 5.60. The molecule has 0 radical (unpaired) electrons. The van der Waals surface area contributed by atoms with Gasteiger partial charge in [0.25, 0.3) is 0 Å². The minimum Gasteiger partial charge on any atom is -0.378 e. The molecule has 0 saturated carbocycles. The molecule has 1 heterocycles. The Labute approximate surface area is 99.7 Å². The maximum Gasteiger partial charge on any atom is 0.102 e. The van der Waals surface area contributed by atoms with Crippen LogP contribution >= 0.6 is 0 Å². The lowest BCUT2D eigenvalue weighted by Crippen LogP contribution is -2.02. The maximum atomic E-state index is 9.08. The van der Waals surface area contributed by atoms with Gasteiger partial charge in [0.1, 0.15) is 11.8 Å². The summed E-state index contributed by atoms with van der Waals surface area (Å²) >= 11 is 0. The van der Waals surface area contributed by atoms with Crippen molar-refractivity contribution in [2.24, 2.45) is 7.05 Å². The second-order valence-electron chi connectivity index (χ2n) is 3.85. The Hall–Kier alpha value is -2.35. The van der Waals surface area contributed by atoms with E-state index in [4.69, 9.17) is 5.26 Å². The molecule has 0 fully saturated rings. The van der Waals surface area contributed by atoms with E-state index in [1.54, 1.807) is 4.68 Å². The Morgan fingerprint density at radius 3 is 2.94 bits per heavy atom. The number of nitrogens with one attached hydrogen (secondary N) is 1. The maximum absolute atomic E-state index is 9.08. The molecule has 0 unspecified atom stereocenters. The second-order valence-corrected chi connectivity index (χ2v) is 3.85. The third-order valence-corrected chi connectivity index (χ3v) is 2.49. The van der Waals surface area contributed by atoms with Crippen molar-refractivity contribution < 1.29 is 0 Å². The van der Waals surface area contributed by atoms with E-state index in [2.05, 4.69) is 21.7 Å². The minimum absolute atomic E-state index is 0.561. The first kappa shape index (κ1) is 11.1. The smallest absolute Gasteiger partial charge is 0.102 e. The van der Waals surface area contributed by atoms with Gasteiger partial charge in [-0.15, -0.1) is 5.10 Å². The van der Waals surface area contributed by atoms with E-state index < -0.39 is 0 Å². The number of anilines is 1. The fraction of sp³-hybridized carbons (Fsp3) is 0.250. The van der Waals surface area contributed by atoms with Gasteiger partial charge in [-0.3, -0.25) is 4.68 Å². The topological polar surface area (TPSA) is 66.5 Å². The van der Waals surface area contributed by atoms with Gasteiger partial charge >= 0.3 is 0 Å². The van der Waals surface area contributed by atoms with E-state index in [0.717, 1.165) is 16.9 Å². The van der Waals surface area contributed by atoms with Crippen LogP contribution in [-0.2, 0) is 13.6 Å². The molecule has 0 aliphatic rings. The normalized spacial score (nSPS) is 9.94. The standard InChI is InChI=1S/C12H13N5/c1-9-4-3-5-12(11(9)6-13)14-7-10-8-17(2)16-15-10/h3-5,8,14H,7H2,1-2H3. The Kier molecular flexibility index (Phi) is 3.06. The molecule has 1 aromatic heterocycles. The first-order chi connectivity index (χ1) is 8.20. The first-order valence-electron chi connectivity index (χ1n) is 5.29. The second kappa shape index (κ2) is 4.66. The minimum atomic E-state index is 0.561. The summed E-state index contributed by atoms with van der Waals surface area (Å²) < 4.78 is 1.65. The summed E-state index contributed by atoms with van der Waals surface area (Å²) in [6, 6.07) is 7.94. The molecule has 0 atom stereocenters. The molecular formula is C12H13N5. The highest BCUT2D eigenvalue weighted by atomic mass is 15.4. The number of hydrogen-bond acceptors (Lipinski definition) is 4.